The van der Waals surface area contributed by atoms with Gasteiger partial charge in [-0.2, -0.15) is 13.2 Å². The molecule has 0 saturated carbocycles. The maximum absolute atomic E-state index is 12.5. The van der Waals surface area contributed by atoms with Crippen LogP contribution in [-0.2, 0) is 22.6 Å². The lowest BCUT2D eigenvalue weighted by Gasteiger charge is -2.08. The smallest absolute Gasteiger partial charge is 0.347 e. The Kier molecular flexibility index (Phi) is 5.86. The van der Waals surface area contributed by atoms with Crippen molar-refractivity contribution in [1.82, 2.24) is 10.6 Å². The molecule has 136 valence electrons. The molecule has 0 spiro atoms. The van der Waals surface area contributed by atoms with E-state index in [2.05, 4.69) is 10.6 Å². The molecule has 0 aliphatic rings. The Hall–Kier alpha value is -1.91. The second-order valence-corrected chi connectivity index (χ2v) is 8.41. The average molecular weight is 392 g/mol. The zero-order chi connectivity index (χ0) is 18.7. The number of amides is 1. The summed E-state index contributed by atoms with van der Waals surface area (Å²) in [5, 5.41) is 5.09. The van der Waals surface area contributed by atoms with Crippen molar-refractivity contribution in [3.05, 3.63) is 52.4 Å². The van der Waals surface area contributed by atoms with Gasteiger partial charge in [-0.1, -0.05) is 12.1 Å². The number of hydrogen-bond donors (Lipinski definition) is 2. The van der Waals surface area contributed by atoms with Crippen molar-refractivity contribution >= 4 is 27.1 Å². The van der Waals surface area contributed by atoms with Crippen molar-refractivity contribution in [1.29, 1.82) is 0 Å². The molecule has 0 fully saturated rings. The molecule has 0 unspecified atom stereocenters. The summed E-state index contributed by atoms with van der Waals surface area (Å²) < 4.78 is 61.3. The minimum absolute atomic E-state index is 0.0352. The van der Waals surface area contributed by atoms with Crippen molar-refractivity contribution in [2.75, 3.05) is 12.9 Å². The molecule has 2 rings (SSSR count). The van der Waals surface area contributed by atoms with Crippen LogP contribution in [0.1, 0.15) is 20.8 Å². The van der Waals surface area contributed by atoms with Crippen LogP contribution in [0.15, 0.2) is 40.6 Å². The van der Waals surface area contributed by atoms with Crippen LogP contribution in [0.2, 0.25) is 0 Å². The molecular formula is C15H15F3N2O3S2. The molecule has 1 heterocycles. The van der Waals surface area contributed by atoms with Crippen LogP contribution < -0.4 is 10.6 Å². The fraction of sp³-hybridized carbons (Fsp3) is 0.267. The van der Waals surface area contributed by atoms with Gasteiger partial charge in [0.1, 0.15) is 10.1 Å². The topological polar surface area (TPSA) is 75.3 Å². The fourth-order valence-corrected chi connectivity index (χ4v) is 4.36. The van der Waals surface area contributed by atoms with Gasteiger partial charge in [0.2, 0.25) is 9.84 Å². The van der Waals surface area contributed by atoms with Crippen LogP contribution in [0.25, 0.3) is 0 Å². The van der Waals surface area contributed by atoms with Gasteiger partial charge in [0, 0.05) is 6.54 Å². The highest BCUT2D eigenvalue weighted by Gasteiger charge is 2.29. The van der Waals surface area contributed by atoms with E-state index in [-0.39, 0.29) is 21.5 Å². The highest BCUT2D eigenvalue weighted by molar-refractivity contribution is 7.93. The Morgan fingerprint density at radius 3 is 2.32 bits per heavy atom. The van der Waals surface area contributed by atoms with Gasteiger partial charge >= 0.3 is 6.18 Å². The average Bonchev–Trinajstić information content (AvgIpc) is 3.03. The van der Waals surface area contributed by atoms with E-state index < -0.39 is 27.5 Å². The summed E-state index contributed by atoms with van der Waals surface area (Å²) in [4.78, 5) is 12.3. The molecule has 2 aromatic rings. The number of hydrogen-bond acceptors (Lipinski definition) is 5. The first kappa shape index (κ1) is 19.4. The third-order valence-electron chi connectivity index (χ3n) is 3.18. The van der Waals surface area contributed by atoms with Crippen molar-refractivity contribution in [3.63, 3.8) is 0 Å². The number of nitrogens with one attached hydrogen (secondary N) is 2. The quantitative estimate of drug-likeness (QED) is 0.793. The van der Waals surface area contributed by atoms with Gasteiger partial charge in [-0.05, 0) is 36.9 Å². The first-order chi connectivity index (χ1) is 11.6. The molecule has 0 aliphatic carbocycles. The lowest BCUT2D eigenvalue weighted by atomic mass is 10.1. The largest absolute Gasteiger partial charge is 0.416 e. The zero-order valence-corrected chi connectivity index (χ0v) is 14.7. The first-order valence-electron chi connectivity index (χ1n) is 7.05. The summed E-state index contributed by atoms with van der Waals surface area (Å²) in [7, 11) is -1.99. The SMILES string of the molecule is CNCS(=O)(=O)c1ccc(C(=O)NCc2ccc(C(F)(F)F)cc2)s1. The predicted octanol–water partition coefficient (Wildman–Crippen LogP) is 2.65. The van der Waals surface area contributed by atoms with E-state index in [1.807, 2.05) is 0 Å². The van der Waals surface area contributed by atoms with Crippen LogP contribution in [0.3, 0.4) is 0 Å². The Balaban J connectivity index is 2.00. The maximum atomic E-state index is 12.5. The van der Waals surface area contributed by atoms with Crippen molar-refractivity contribution in [3.8, 4) is 0 Å². The standard InChI is InChI=1S/C15H15F3N2O3S2/c1-19-9-25(22,23)13-7-6-12(24-13)14(21)20-8-10-2-4-11(5-3-10)15(16,17)18/h2-7,19H,8-9H2,1H3,(H,20,21). The number of benzene rings is 1. The molecule has 1 aromatic carbocycles. The Morgan fingerprint density at radius 1 is 1.12 bits per heavy atom. The number of sulfone groups is 1. The second-order valence-electron chi connectivity index (χ2n) is 5.11. The van der Waals surface area contributed by atoms with Crippen molar-refractivity contribution in [2.24, 2.45) is 0 Å². The molecule has 5 nitrogen and oxygen atoms in total. The van der Waals surface area contributed by atoms with Crippen LogP contribution in [0.5, 0.6) is 0 Å². The van der Waals surface area contributed by atoms with E-state index in [4.69, 9.17) is 0 Å². The number of alkyl halides is 3. The number of rotatable bonds is 6. The van der Waals surface area contributed by atoms with Crippen molar-refractivity contribution in [2.45, 2.75) is 16.9 Å². The summed E-state index contributed by atoms with van der Waals surface area (Å²) >= 11 is 0.840. The van der Waals surface area contributed by atoms with E-state index >= 15 is 0 Å². The van der Waals surface area contributed by atoms with E-state index in [0.717, 1.165) is 23.5 Å². The van der Waals surface area contributed by atoms with Crippen LogP contribution in [-0.4, -0.2) is 27.2 Å². The molecule has 2 N–H and O–H groups in total. The molecule has 0 aliphatic heterocycles. The van der Waals surface area contributed by atoms with Gasteiger partial charge in [-0.3, -0.25) is 4.79 Å². The lowest BCUT2D eigenvalue weighted by molar-refractivity contribution is -0.137. The summed E-state index contributed by atoms with van der Waals surface area (Å²) in [6.45, 7) is 0.0352. The normalized spacial score (nSPS) is 12.2. The summed E-state index contributed by atoms with van der Waals surface area (Å²) in [6.07, 6.45) is -4.41. The minimum Gasteiger partial charge on any atom is -0.347 e. The van der Waals surface area contributed by atoms with Crippen LogP contribution in [0, 0.1) is 0 Å². The van der Waals surface area contributed by atoms with Crippen LogP contribution >= 0.6 is 11.3 Å². The molecule has 0 radical (unpaired) electrons. The third-order valence-corrected chi connectivity index (χ3v) is 6.49. The summed E-state index contributed by atoms with van der Waals surface area (Å²) in [5.74, 6) is -0.726. The molecular weight excluding hydrogens is 377 g/mol. The number of thiophene rings is 1. The Labute approximate surface area is 146 Å². The van der Waals surface area contributed by atoms with Crippen LogP contribution in [0.4, 0.5) is 13.2 Å². The number of carbonyl (C=O) groups excluding carboxylic acids is 1. The summed E-state index contributed by atoms with van der Waals surface area (Å²) in [5.41, 5.74) is -0.263. The Bertz CT molecular complexity index is 844. The molecule has 0 bridgehead atoms. The molecule has 25 heavy (non-hydrogen) atoms. The van der Waals surface area contributed by atoms with E-state index in [1.165, 1.54) is 31.3 Å². The van der Waals surface area contributed by atoms with Gasteiger partial charge in [0.05, 0.1) is 10.4 Å². The highest BCUT2D eigenvalue weighted by atomic mass is 32.2. The molecule has 1 aromatic heterocycles. The van der Waals surface area contributed by atoms with Gasteiger partial charge in [0.25, 0.3) is 5.91 Å². The Morgan fingerprint density at radius 2 is 1.76 bits per heavy atom. The van der Waals surface area contributed by atoms with Gasteiger partial charge in [-0.15, -0.1) is 11.3 Å². The maximum Gasteiger partial charge on any atom is 0.416 e. The third kappa shape index (κ3) is 5.03. The van der Waals surface area contributed by atoms with Crippen molar-refractivity contribution < 1.29 is 26.4 Å². The molecule has 0 atom stereocenters. The number of carbonyl (C=O) groups is 1. The molecule has 10 heteroatoms. The minimum atomic E-state index is -4.41. The molecule has 1 amide bonds. The summed E-state index contributed by atoms with van der Waals surface area (Å²) in [6, 6.07) is 7.18. The van der Waals surface area contributed by atoms with E-state index in [0.29, 0.717) is 5.56 Å². The lowest BCUT2D eigenvalue weighted by Crippen LogP contribution is -2.22. The number of halogens is 3. The monoisotopic (exact) mass is 392 g/mol. The van der Waals surface area contributed by atoms with Gasteiger partial charge in [-0.25, -0.2) is 8.42 Å². The molecule has 0 saturated heterocycles. The fourth-order valence-electron chi connectivity index (χ4n) is 1.95. The van der Waals surface area contributed by atoms with E-state index in [9.17, 15) is 26.4 Å². The second kappa shape index (κ2) is 7.54. The van der Waals surface area contributed by atoms with Gasteiger partial charge < -0.3 is 10.6 Å². The first-order valence-corrected chi connectivity index (χ1v) is 9.52. The highest BCUT2D eigenvalue weighted by Crippen LogP contribution is 2.29. The predicted molar refractivity (Wildman–Crippen MR) is 88.0 cm³/mol. The van der Waals surface area contributed by atoms with Gasteiger partial charge in [0.15, 0.2) is 0 Å². The zero-order valence-electron chi connectivity index (χ0n) is 13.1. The van der Waals surface area contributed by atoms with E-state index in [1.54, 1.807) is 0 Å².